The first-order valence-corrected chi connectivity index (χ1v) is 8.63. The Bertz CT molecular complexity index is 768. The van der Waals surface area contributed by atoms with E-state index in [1.54, 1.807) is 7.05 Å². The number of rotatable bonds is 4. The zero-order valence-corrected chi connectivity index (χ0v) is 13.6. The number of carbonyl (C=O) groups is 2. The molecule has 1 heterocycles. The molecule has 1 unspecified atom stereocenters. The topological polar surface area (TPSA) is 74.8 Å². The summed E-state index contributed by atoms with van der Waals surface area (Å²) < 4.78 is 26.7. The van der Waals surface area contributed by atoms with Crippen LogP contribution in [0.15, 0.2) is 23.1 Å². The van der Waals surface area contributed by atoms with Crippen LogP contribution in [0.1, 0.15) is 40.5 Å². The molecule has 2 aliphatic rings. The molecule has 0 bridgehead atoms. The average molecular weight is 322 g/mol. The molecule has 22 heavy (non-hydrogen) atoms. The summed E-state index contributed by atoms with van der Waals surface area (Å²) in [5.74, 6) is -0.456. The molecular formula is C15H18N2O4S. The van der Waals surface area contributed by atoms with Gasteiger partial charge in [-0.2, -0.15) is 4.31 Å². The summed E-state index contributed by atoms with van der Waals surface area (Å²) in [6, 6.07) is 4.05. The van der Waals surface area contributed by atoms with Crippen LogP contribution in [-0.4, -0.2) is 49.6 Å². The van der Waals surface area contributed by atoms with Crippen molar-refractivity contribution < 1.29 is 18.0 Å². The van der Waals surface area contributed by atoms with Crippen molar-refractivity contribution in [3.63, 3.8) is 0 Å². The number of carbonyl (C=O) groups excluding carboxylic acids is 2. The second kappa shape index (κ2) is 4.89. The number of nitrogens with zero attached hydrogens (tertiary/aromatic N) is 2. The predicted molar refractivity (Wildman–Crippen MR) is 80.0 cm³/mol. The van der Waals surface area contributed by atoms with Gasteiger partial charge in [0.2, 0.25) is 10.0 Å². The minimum absolute atomic E-state index is 0.0534. The fourth-order valence-corrected chi connectivity index (χ4v) is 4.21. The van der Waals surface area contributed by atoms with Gasteiger partial charge < -0.3 is 0 Å². The monoisotopic (exact) mass is 322 g/mol. The molecule has 1 aromatic rings. The first kappa shape index (κ1) is 15.2. The SMILES string of the molecule is CC(C1CC1)N(C)S(=O)(=O)c1ccc2c(c1)C(=O)N(C)C2=O. The Morgan fingerprint density at radius 3 is 2.36 bits per heavy atom. The minimum atomic E-state index is -3.67. The maximum absolute atomic E-state index is 12.7. The Kier molecular flexibility index (Phi) is 3.37. The second-order valence-electron chi connectivity index (χ2n) is 5.98. The van der Waals surface area contributed by atoms with Crippen molar-refractivity contribution in [2.75, 3.05) is 14.1 Å². The summed E-state index contributed by atoms with van der Waals surface area (Å²) in [7, 11) is -0.723. The van der Waals surface area contributed by atoms with Crippen molar-refractivity contribution in [2.24, 2.45) is 5.92 Å². The third-order valence-corrected chi connectivity index (χ3v) is 6.56. The van der Waals surface area contributed by atoms with Gasteiger partial charge in [-0.3, -0.25) is 14.5 Å². The van der Waals surface area contributed by atoms with Crippen LogP contribution >= 0.6 is 0 Å². The molecule has 1 atom stereocenters. The van der Waals surface area contributed by atoms with Crippen LogP contribution in [0.25, 0.3) is 0 Å². The first-order valence-electron chi connectivity index (χ1n) is 7.19. The number of imide groups is 1. The Morgan fingerprint density at radius 1 is 1.18 bits per heavy atom. The molecule has 118 valence electrons. The van der Waals surface area contributed by atoms with Crippen LogP contribution < -0.4 is 0 Å². The zero-order valence-electron chi connectivity index (χ0n) is 12.7. The fourth-order valence-electron chi connectivity index (χ4n) is 2.76. The zero-order chi connectivity index (χ0) is 16.2. The van der Waals surface area contributed by atoms with Crippen LogP contribution in [0.5, 0.6) is 0 Å². The third kappa shape index (κ3) is 2.16. The average Bonchev–Trinajstić information content (AvgIpc) is 3.32. The van der Waals surface area contributed by atoms with E-state index in [4.69, 9.17) is 0 Å². The van der Waals surface area contributed by atoms with Crippen molar-refractivity contribution in [2.45, 2.75) is 30.7 Å². The first-order chi connectivity index (χ1) is 10.2. The van der Waals surface area contributed by atoms with Crippen molar-refractivity contribution in [1.82, 2.24) is 9.21 Å². The summed E-state index contributed by atoms with van der Waals surface area (Å²) in [5.41, 5.74) is 0.408. The summed E-state index contributed by atoms with van der Waals surface area (Å²) >= 11 is 0. The van der Waals surface area contributed by atoms with E-state index in [0.717, 1.165) is 17.7 Å². The van der Waals surface area contributed by atoms with Gasteiger partial charge in [0.25, 0.3) is 11.8 Å². The molecular weight excluding hydrogens is 304 g/mol. The quantitative estimate of drug-likeness (QED) is 0.784. The van der Waals surface area contributed by atoms with Gasteiger partial charge in [-0.15, -0.1) is 0 Å². The van der Waals surface area contributed by atoms with E-state index in [1.165, 1.54) is 29.6 Å². The molecule has 0 radical (unpaired) electrons. The molecule has 6 nitrogen and oxygen atoms in total. The second-order valence-corrected chi connectivity index (χ2v) is 7.97. The highest BCUT2D eigenvalue weighted by Gasteiger charge is 2.38. The highest BCUT2D eigenvalue weighted by molar-refractivity contribution is 7.89. The number of benzene rings is 1. The number of hydrogen-bond donors (Lipinski definition) is 0. The van der Waals surface area contributed by atoms with Crippen molar-refractivity contribution in [3.05, 3.63) is 29.3 Å². The minimum Gasteiger partial charge on any atom is -0.277 e. The Morgan fingerprint density at radius 2 is 1.77 bits per heavy atom. The lowest BCUT2D eigenvalue weighted by Gasteiger charge is -2.24. The van der Waals surface area contributed by atoms with E-state index < -0.39 is 21.8 Å². The maximum Gasteiger partial charge on any atom is 0.261 e. The number of amides is 2. The van der Waals surface area contributed by atoms with Crippen molar-refractivity contribution in [3.8, 4) is 0 Å². The number of sulfonamides is 1. The molecule has 3 rings (SSSR count). The molecule has 0 spiro atoms. The van der Waals surface area contributed by atoms with Gasteiger partial charge in [0.05, 0.1) is 16.0 Å². The Hall–Kier alpha value is -1.73. The van der Waals surface area contributed by atoms with E-state index in [2.05, 4.69) is 0 Å². The van der Waals surface area contributed by atoms with Crippen LogP contribution in [0.2, 0.25) is 0 Å². The summed E-state index contributed by atoms with van der Waals surface area (Å²) in [4.78, 5) is 24.9. The highest BCUT2D eigenvalue weighted by Crippen LogP contribution is 2.36. The van der Waals surface area contributed by atoms with Crippen molar-refractivity contribution in [1.29, 1.82) is 0 Å². The van der Waals surface area contributed by atoms with Gasteiger partial charge in [-0.25, -0.2) is 8.42 Å². The molecule has 0 N–H and O–H groups in total. The third-order valence-electron chi connectivity index (χ3n) is 4.62. The van der Waals surface area contributed by atoms with Gasteiger partial charge in [-0.1, -0.05) is 0 Å². The number of fused-ring (bicyclic) bond motifs is 1. The van der Waals surface area contributed by atoms with Crippen LogP contribution in [0.4, 0.5) is 0 Å². The predicted octanol–water partition coefficient (Wildman–Crippen LogP) is 1.33. The standard InChI is InChI=1S/C15H18N2O4S/c1-9(10-4-5-10)17(3)22(20,21)11-6-7-12-13(8-11)15(19)16(2)14(12)18/h6-10H,4-5H2,1-3H3. The number of hydrogen-bond acceptors (Lipinski definition) is 4. The van der Waals surface area contributed by atoms with E-state index in [-0.39, 0.29) is 22.1 Å². The van der Waals surface area contributed by atoms with Gasteiger partial charge in [-0.05, 0) is 43.9 Å². The molecule has 1 saturated carbocycles. The fraction of sp³-hybridized carbons (Fsp3) is 0.467. The largest absolute Gasteiger partial charge is 0.277 e. The molecule has 1 aromatic carbocycles. The van der Waals surface area contributed by atoms with Gasteiger partial charge >= 0.3 is 0 Å². The van der Waals surface area contributed by atoms with Crippen molar-refractivity contribution >= 4 is 21.8 Å². The molecule has 0 saturated heterocycles. The molecule has 7 heteroatoms. The molecule has 0 aromatic heterocycles. The Labute approximate surface area is 129 Å². The normalized spacial score (nSPS) is 19.7. The van der Waals surface area contributed by atoms with Crippen LogP contribution in [0.3, 0.4) is 0 Å². The van der Waals surface area contributed by atoms with Gasteiger partial charge in [0.15, 0.2) is 0 Å². The van der Waals surface area contributed by atoms with E-state index in [9.17, 15) is 18.0 Å². The van der Waals surface area contributed by atoms with Crippen LogP contribution in [-0.2, 0) is 10.0 Å². The highest BCUT2D eigenvalue weighted by atomic mass is 32.2. The molecule has 1 fully saturated rings. The summed E-state index contributed by atoms with van der Waals surface area (Å²) in [6.45, 7) is 1.89. The molecule has 2 amide bonds. The maximum atomic E-state index is 12.7. The van der Waals surface area contributed by atoms with E-state index >= 15 is 0 Å². The summed E-state index contributed by atoms with van der Waals surface area (Å²) in [6.07, 6.45) is 2.09. The molecule has 1 aliphatic heterocycles. The Balaban J connectivity index is 1.99. The smallest absolute Gasteiger partial charge is 0.261 e. The van der Waals surface area contributed by atoms with Crippen LogP contribution in [0, 0.1) is 5.92 Å². The summed E-state index contributed by atoms with van der Waals surface area (Å²) in [5, 5.41) is 0. The van der Waals surface area contributed by atoms with Gasteiger partial charge in [0.1, 0.15) is 0 Å². The lowest BCUT2D eigenvalue weighted by atomic mass is 10.1. The lowest BCUT2D eigenvalue weighted by molar-refractivity contribution is 0.0693. The lowest BCUT2D eigenvalue weighted by Crippen LogP contribution is -2.36. The molecule has 1 aliphatic carbocycles. The van der Waals surface area contributed by atoms with E-state index in [0.29, 0.717) is 5.92 Å². The van der Waals surface area contributed by atoms with E-state index in [1.807, 2.05) is 6.92 Å². The van der Waals surface area contributed by atoms with Gasteiger partial charge in [0, 0.05) is 20.1 Å².